The molecular formula is C23H20F3N3O5. The van der Waals surface area contributed by atoms with Gasteiger partial charge in [0.1, 0.15) is 6.26 Å². The number of aromatic amines is 1. The normalized spacial score (nSPS) is 12.6. The average molecular weight is 475 g/mol. The number of hydrogen-bond donors (Lipinski definition) is 1. The molecule has 3 aromatic heterocycles. The third-order valence-corrected chi connectivity index (χ3v) is 4.81. The van der Waals surface area contributed by atoms with Gasteiger partial charge >= 0.3 is 12.1 Å². The number of carbonyl (C=O) groups is 1. The van der Waals surface area contributed by atoms with Gasteiger partial charge in [-0.1, -0.05) is 0 Å². The number of ether oxygens (including phenoxy) is 2. The molecule has 0 unspecified atom stereocenters. The van der Waals surface area contributed by atoms with Crippen LogP contribution in [0.2, 0.25) is 0 Å². The minimum atomic E-state index is -4.52. The number of aromatic nitrogens is 2. The number of alkyl halides is 3. The number of nitrogens with one attached hydrogen (secondary N) is 1. The summed E-state index contributed by atoms with van der Waals surface area (Å²) < 4.78 is 53.5. The summed E-state index contributed by atoms with van der Waals surface area (Å²) in [6.45, 7) is 3.60. The van der Waals surface area contributed by atoms with Gasteiger partial charge in [-0.25, -0.2) is 9.78 Å². The summed E-state index contributed by atoms with van der Waals surface area (Å²) in [6.07, 6.45) is -2.73. The van der Waals surface area contributed by atoms with E-state index in [4.69, 9.17) is 18.7 Å². The largest absolute Gasteiger partial charge is 0.458 e. The van der Waals surface area contributed by atoms with Crippen molar-refractivity contribution in [2.24, 2.45) is 5.16 Å². The Morgan fingerprint density at radius 2 is 2.00 bits per heavy atom. The highest BCUT2D eigenvalue weighted by Gasteiger charge is 2.31. The van der Waals surface area contributed by atoms with Gasteiger partial charge in [-0.3, -0.25) is 0 Å². The highest BCUT2D eigenvalue weighted by atomic mass is 19.4. The zero-order valence-electron chi connectivity index (χ0n) is 18.4. The van der Waals surface area contributed by atoms with E-state index in [2.05, 4.69) is 15.1 Å². The summed E-state index contributed by atoms with van der Waals surface area (Å²) in [4.78, 5) is 25.5. The van der Waals surface area contributed by atoms with E-state index in [0.29, 0.717) is 33.9 Å². The Kier molecular flexibility index (Phi) is 6.29. The van der Waals surface area contributed by atoms with Gasteiger partial charge in [-0.2, -0.15) is 13.2 Å². The van der Waals surface area contributed by atoms with E-state index in [1.807, 2.05) is 0 Å². The fourth-order valence-electron chi connectivity index (χ4n) is 3.40. The third kappa shape index (κ3) is 4.74. The highest BCUT2D eigenvalue weighted by Crippen LogP contribution is 2.33. The first kappa shape index (κ1) is 23.3. The van der Waals surface area contributed by atoms with Crippen molar-refractivity contribution in [3.8, 4) is 5.75 Å². The zero-order valence-corrected chi connectivity index (χ0v) is 18.4. The van der Waals surface area contributed by atoms with Gasteiger partial charge in [-0.05, 0) is 43.3 Å². The Balaban J connectivity index is 1.75. The number of methoxy groups -OCH3 is 1. The van der Waals surface area contributed by atoms with E-state index in [-0.39, 0.29) is 24.0 Å². The highest BCUT2D eigenvalue weighted by molar-refractivity contribution is 6.11. The van der Waals surface area contributed by atoms with Crippen LogP contribution in [0.5, 0.6) is 5.75 Å². The van der Waals surface area contributed by atoms with Crippen molar-refractivity contribution in [3.05, 3.63) is 65.2 Å². The summed E-state index contributed by atoms with van der Waals surface area (Å²) in [6, 6.07) is 6.95. The molecule has 34 heavy (non-hydrogen) atoms. The second kappa shape index (κ2) is 9.18. The molecule has 8 nitrogen and oxygen atoms in total. The number of benzene rings is 1. The first-order chi connectivity index (χ1) is 16.2. The smallest absolute Gasteiger partial charge is 0.419 e. The topological polar surface area (TPSA) is 98.9 Å². The van der Waals surface area contributed by atoms with Crippen molar-refractivity contribution in [2.45, 2.75) is 32.7 Å². The molecule has 0 saturated heterocycles. The SMILES string of the molecule is COCc1c(C(=O)OC(C)C)ncc2[nH]c3ccc(ON=c4ccc(C(F)(F)F)co4)cc3c12. The van der Waals surface area contributed by atoms with E-state index in [9.17, 15) is 18.0 Å². The number of nitrogens with zero attached hydrogens (tertiary/aromatic N) is 2. The number of esters is 1. The molecule has 0 amide bonds. The molecule has 178 valence electrons. The van der Waals surface area contributed by atoms with E-state index < -0.39 is 17.7 Å². The molecule has 0 aliphatic rings. The molecule has 0 aliphatic heterocycles. The lowest BCUT2D eigenvalue weighted by atomic mass is 10.1. The first-order valence-corrected chi connectivity index (χ1v) is 10.2. The van der Waals surface area contributed by atoms with Gasteiger partial charge in [-0.15, -0.1) is 0 Å². The van der Waals surface area contributed by atoms with Gasteiger partial charge in [0.15, 0.2) is 11.4 Å². The number of hydrogen-bond acceptors (Lipinski definition) is 7. The molecule has 4 rings (SSSR count). The van der Waals surface area contributed by atoms with Gasteiger partial charge in [0.25, 0.3) is 5.55 Å². The summed E-state index contributed by atoms with van der Waals surface area (Å²) >= 11 is 0. The van der Waals surface area contributed by atoms with Crippen LogP contribution >= 0.6 is 0 Å². The summed E-state index contributed by atoms with van der Waals surface area (Å²) in [5.74, 6) is -0.264. The predicted octanol–water partition coefficient (Wildman–Crippen LogP) is 4.93. The number of H-pyrrole nitrogens is 1. The fraction of sp³-hybridized carbons (Fsp3) is 0.261. The Bertz CT molecular complexity index is 1400. The van der Waals surface area contributed by atoms with Crippen LogP contribution in [-0.4, -0.2) is 29.2 Å². The fourth-order valence-corrected chi connectivity index (χ4v) is 3.40. The Labute approximate surface area is 190 Å². The van der Waals surface area contributed by atoms with Crippen molar-refractivity contribution in [1.29, 1.82) is 0 Å². The number of rotatable bonds is 6. The van der Waals surface area contributed by atoms with Gasteiger partial charge in [0, 0.05) is 35.0 Å². The van der Waals surface area contributed by atoms with Crippen LogP contribution in [0.1, 0.15) is 35.5 Å². The lowest BCUT2D eigenvalue weighted by Gasteiger charge is -2.12. The quantitative estimate of drug-likeness (QED) is 0.314. The van der Waals surface area contributed by atoms with Crippen LogP contribution in [0.4, 0.5) is 13.2 Å². The van der Waals surface area contributed by atoms with Crippen molar-refractivity contribution < 1.29 is 36.7 Å². The van der Waals surface area contributed by atoms with Gasteiger partial charge in [0.05, 0.1) is 30.0 Å². The second-order valence-electron chi connectivity index (χ2n) is 7.64. The van der Waals surface area contributed by atoms with Crippen LogP contribution in [0.3, 0.4) is 0 Å². The minimum absolute atomic E-state index is 0.111. The van der Waals surface area contributed by atoms with E-state index >= 15 is 0 Å². The minimum Gasteiger partial charge on any atom is -0.458 e. The zero-order chi connectivity index (χ0) is 24.5. The Hall–Kier alpha value is -3.86. The average Bonchev–Trinajstić information content (AvgIpc) is 3.15. The summed E-state index contributed by atoms with van der Waals surface area (Å²) in [7, 11) is 1.51. The third-order valence-electron chi connectivity index (χ3n) is 4.81. The monoisotopic (exact) mass is 475 g/mol. The lowest BCUT2D eigenvalue weighted by Crippen LogP contribution is -2.15. The summed E-state index contributed by atoms with van der Waals surface area (Å²) in [5, 5.41) is 5.16. The molecule has 1 aromatic carbocycles. The Morgan fingerprint density at radius 1 is 1.21 bits per heavy atom. The van der Waals surface area contributed by atoms with E-state index in [1.165, 1.54) is 13.3 Å². The van der Waals surface area contributed by atoms with Gasteiger partial charge in [0.2, 0.25) is 0 Å². The van der Waals surface area contributed by atoms with Crippen LogP contribution in [0, 0.1) is 0 Å². The van der Waals surface area contributed by atoms with Crippen LogP contribution in [-0.2, 0) is 22.3 Å². The molecule has 0 spiro atoms. The molecule has 0 aliphatic carbocycles. The van der Waals surface area contributed by atoms with Crippen molar-refractivity contribution in [1.82, 2.24) is 9.97 Å². The molecule has 3 heterocycles. The van der Waals surface area contributed by atoms with Crippen molar-refractivity contribution >= 4 is 27.8 Å². The molecular weight excluding hydrogens is 455 g/mol. The molecule has 0 radical (unpaired) electrons. The first-order valence-electron chi connectivity index (χ1n) is 10.2. The molecule has 0 saturated carbocycles. The lowest BCUT2D eigenvalue weighted by molar-refractivity contribution is -0.138. The maximum absolute atomic E-state index is 12.7. The number of pyridine rings is 1. The molecule has 0 atom stereocenters. The maximum Gasteiger partial charge on any atom is 0.419 e. The van der Waals surface area contributed by atoms with Crippen LogP contribution in [0.15, 0.2) is 52.4 Å². The summed E-state index contributed by atoms with van der Waals surface area (Å²) in [5.41, 5.74) is 1.03. The predicted molar refractivity (Wildman–Crippen MR) is 115 cm³/mol. The van der Waals surface area contributed by atoms with Gasteiger partial charge < -0.3 is 23.7 Å². The standard InChI is InChI=1S/C23H20F3N3O5/c1-12(2)33-22(30)21-16(11-31-3)20-15-8-14(5-6-17(15)28-18(20)9-27-21)34-29-19-7-4-13(10-32-19)23(24,25)26/h4-10,12,28H,11H2,1-3H3. The number of fused-ring (bicyclic) bond motifs is 3. The molecule has 0 fully saturated rings. The molecule has 1 N–H and O–H groups in total. The molecule has 11 heteroatoms. The second-order valence-corrected chi connectivity index (χ2v) is 7.64. The molecule has 4 aromatic rings. The molecule has 0 bridgehead atoms. The van der Waals surface area contributed by atoms with Crippen molar-refractivity contribution in [2.75, 3.05) is 7.11 Å². The van der Waals surface area contributed by atoms with Crippen LogP contribution in [0.25, 0.3) is 21.8 Å². The maximum atomic E-state index is 12.7. The van der Waals surface area contributed by atoms with E-state index in [1.54, 1.807) is 32.0 Å². The van der Waals surface area contributed by atoms with Crippen LogP contribution < -0.4 is 10.4 Å². The number of halogens is 3. The van der Waals surface area contributed by atoms with Crippen molar-refractivity contribution in [3.63, 3.8) is 0 Å². The van der Waals surface area contributed by atoms with E-state index in [0.717, 1.165) is 17.6 Å². The number of carbonyl (C=O) groups excluding carboxylic acids is 1. The Morgan fingerprint density at radius 3 is 2.65 bits per heavy atom.